The van der Waals surface area contributed by atoms with Gasteiger partial charge in [0.1, 0.15) is 6.04 Å². The SMILES string of the molecule is CC(C)=CC(=O)N[C@@H](CCC(N)=O)C(=O)O. The van der Waals surface area contributed by atoms with Crippen LogP contribution >= 0.6 is 0 Å². The number of carbonyl (C=O) groups is 3. The van der Waals surface area contributed by atoms with Crippen molar-refractivity contribution in [2.24, 2.45) is 5.73 Å². The first-order valence-electron chi connectivity index (χ1n) is 4.79. The van der Waals surface area contributed by atoms with Crippen LogP contribution in [0.1, 0.15) is 26.7 Å². The third-order valence-electron chi connectivity index (χ3n) is 1.71. The zero-order valence-corrected chi connectivity index (χ0v) is 9.32. The summed E-state index contributed by atoms with van der Waals surface area (Å²) in [6.45, 7) is 3.44. The first-order chi connectivity index (χ1) is 7.32. The second kappa shape index (κ2) is 6.60. The third-order valence-corrected chi connectivity index (χ3v) is 1.71. The summed E-state index contributed by atoms with van der Waals surface area (Å²) in [5.74, 6) is -2.27. The van der Waals surface area contributed by atoms with Crippen molar-refractivity contribution >= 4 is 17.8 Å². The highest BCUT2D eigenvalue weighted by Crippen LogP contribution is 1.98. The van der Waals surface area contributed by atoms with E-state index in [1.807, 2.05) is 0 Å². The molecule has 0 saturated carbocycles. The number of nitrogens with one attached hydrogen (secondary N) is 1. The minimum atomic E-state index is -1.18. The molecule has 6 nitrogen and oxygen atoms in total. The highest BCUT2D eigenvalue weighted by Gasteiger charge is 2.19. The zero-order valence-electron chi connectivity index (χ0n) is 9.32. The van der Waals surface area contributed by atoms with Gasteiger partial charge in [-0.15, -0.1) is 0 Å². The van der Waals surface area contributed by atoms with Crippen LogP contribution in [0.2, 0.25) is 0 Å². The van der Waals surface area contributed by atoms with Gasteiger partial charge in [0.2, 0.25) is 11.8 Å². The molecule has 0 rings (SSSR count). The van der Waals surface area contributed by atoms with Gasteiger partial charge in [-0.05, 0) is 20.3 Å². The molecule has 0 aliphatic heterocycles. The summed E-state index contributed by atoms with van der Waals surface area (Å²) in [5, 5.41) is 11.1. The maximum Gasteiger partial charge on any atom is 0.326 e. The van der Waals surface area contributed by atoms with Gasteiger partial charge in [-0.2, -0.15) is 0 Å². The Bertz CT molecular complexity index is 319. The van der Waals surface area contributed by atoms with Crippen molar-refractivity contribution in [2.75, 3.05) is 0 Å². The first-order valence-corrected chi connectivity index (χ1v) is 4.79. The Morgan fingerprint density at radius 1 is 1.38 bits per heavy atom. The second-order valence-electron chi connectivity index (χ2n) is 3.63. The van der Waals surface area contributed by atoms with Crippen molar-refractivity contribution in [3.8, 4) is 0 Å². The highest BCUT2D eigenvalue weighted by atomic mass is 16.4. The van der Waals surface area contributed by atoms with Crippen LogP contribution in [0.3, 0.4) is 0 Å². The number of carboxylic acid groups (broad SMARTS) is 1. The van der Waals surface area contributed by atoms with Gasteiger partial charge < -0.3 is 16.2 Å². The van der Waals surface area contributed by atoms with E-state index in [1.54, 1.807) is 13.8 Å². The predicted molar refractivity (Wildman–Crippen MR) is 57.4 cm³/mol. The fourth-order valence-electron chi connectivity index (χ4n) is 1.02. The summed E-state index contributed by atoms with van der Waals surface area (Å²) in [7, 11) is 0. The average molecular weight is 228 g/mol. The molecule has 16 heavy (non-hydrogen) atoms. The lowest BCUT2D eigenvalue weighted by atomic mass is 10.1. The van der Waals surface area contributed by atoms with E-state index in [-0.39, 0.29) is 12.8 Å². The number of carboxylic acids is 1. The maximum absolute atomic E-state index is 11.2. The number of allylic oxidation sites excluding steroid dienone is 1. The average Bonchev–Trinajstić information content (AvgIpc) is 2.09. The van der Waals surface area contributed by atoms with Crippen molar-refractivity contribution in [3.63, 3.8) is 0 Å². The van der Waals surface area contributed by atoms with Crippen LogP contribution in [0.25, 0.3) is 0 Å². The van der Waals surface area contributed by atoms with E-state index < -0.39 is 23.8 Å². The lowest BCUT2D eigenvalue weighted by molar-refractivity contribution is -0.141. The molecule has 4 N–H and O–H groups in total. The molecule has 90 valence electrons. The number of nitrogens with two attached hydrogens (primary N) is 1. The monoisotopic (exact) mass is 228 g/mol. The van der Waals surface area contributed by atoms with E-state index >= 15 is 0 Å². The maximum atomic E-state index is 11.2. The molecule has 1 atom stereocenters. The fourth-order valence-corrected chi connectivity index (χ4v) is 1.02. The molecule has 0 saturated heterocycles. The number of hydrogen-bond donors (Lipinski definition) is 3. The van der Waals surface area contributed by atoms with Crippen LogP contribution in [-0.4, -0.2) is 28.9 Å². The molecule has 0 spiro atoms. The number of amides is 2. The van der Waals surface area contributed by atoms with Crippen molar-refractivity contribution in [1.29, 1.82) is 0 Å². The normalized spacial score (nSPS) is 11.4. The van der Waals surface area contributed by atoms with E-state index in [4.69, 9.17) is 10.8 Å². The minimum Gasteiger partial charge on any atom is -0.480 e. The standard InChI is InChI=1S/C10H16N2O4/c1-6(2)5-9(14)12-7(10(15)16)3-4-8(11)13/h5,7H,3-4H2,1-2H3,(H2,11,13)(H,12,14)(H,15,16)/t7-/m0/s1. The molecule has 0 heterocycles. The molecule has 0 aliphatic carbocycles. The van der Waals surface area contributed by atoms with Gasteiger partial charge >= 0.3 is 5.97 Å². The smallest absolute Gasteiger partial charge is 0.326 e. The van der Waals surface area contributed by atoms with Gasteiger partial charge in [-0.3, -0.25) is 9.59 Å². The van der Waals surface area contributed by atoms with E-state index in [1.165, 1.54) is 6.08 Å². The summed E-state index contributed by atoms with van der Waals surface area (Å²) in [5.41, 5.74) is 5.66. The van der Waals surface area contributed by atoms with E-state index in [9.17, 15) is 14.4 Å². The predicted octanol–water partition coefficient (Wildman–Crippen LogP) is -0.212. The number of carbonyl (C=O) groups excluding carboxylic acids is 2. The summed E-state index contributed by atoms with van der Waals surface area (Å²) in [4.78, 5) is 32.5. The quantitative estimate of drug-likeness (QED) is 0.546. The molecule has 0 radical (unpaired) electrons. The number of aliphatic carboxylic acids is 1. The second-order valence-corrected chi connectivity index (χ2v) is 3.63. The molecular formula is C10H16N2O4. The van der Waals surface area contributed by atoms with Gasteiger partial charge in [0.25, 0.3) is 0 Å². The molecule has 0 bridgehead atoms. The Balaban J connectivity index is 4.34. The van der Waals surface area contributed by atoms with Crippen molar-refractivity contribution < 1.29 is 19.5 Å². The number of hydrogen-bond acceptors (Lipinski definition) is 3. The van der Waals surface area contributed by atoms with E-state index in [0.717, 1.165) is 5.57 Å². The molecule has 0 aromatic heterocycles. The molecule has 6 heteroatoms. The zero-order chi connectivity index (χ0) is 12.7. The van der Waals surface area contributed by atoms with Gasteiger partial charge in [0, 0.05) is 12.5 Å². The van der Waals surface area contributed by atoms with Gasteiger partial charge in [-0.1, -0.05) is 5.57 Å². The highest BCUT2D eigenvalue weighted by molar-refractivity contribution is 5.91. The Labute approximate surface area is 93.5 Å². The summed E-state index contributed by atoms with van der Waals surface area (Å²) in [6, 6.07) is -1.09. The Kier molecular flexibility index (Phi) is 5.84. The third kappa shape index (κ3) is 6.58. The topological polar surface area (TPSA) is 109 Å². The summed E-state index contributed by atoms with van der Waals surface area (Å²) < 4.78 is 0. The van der Waals surface area contributed by atoms with E-state index in [0.29, 0.717) is 0 Å². The first kappa shape index (κ1) is 14.2. The van der Waals surface area contributed by atoms with Crippen molar-refractivity contribution in [2.45, 2.75) is 32.7 Å². The number of primary amides is 1. The Morgan fingerprint density at radius 3 is 2.31 bits per heavy atom. The van der Waals surface area contributed by atoms with E-state index in [2.05, 4.69) is 5.32 Å². The van der Waals surface area contributed by atoms with Crippen LogP contribution < -0.4 is 11.1 Å². The number of rotatable bonds is 6. The summed E-state index contributed by atoms with van der Waals surface area (Å²) >= 11 is 0. The van der Waals surface area contributed by atoms with Crippen LogP contribution in [-0.2, 0) is 14.4 Å². The minimum absolute atomic E-state index is 0.00694. The van der Waals surface area contributed by atoms with Gasteiger partial charge in [0.15, 0.2) is 0 Å². The largest absolute Gasteiger partial charge is 0.480 e. The Morgan fingerprint density at radius 2 is 1.94 bits per heavy atom. The Hall–Kier alpha value is -1.85. The van der Waals surface area contributed by atoms with Crippen molar-refractivity contribution in [3.05, 3.63) is 11.6 Å². The molecule has 0 fully saturated rings. The molecule has 0 unspecified atom stereocenters. The van der Waals surface area contributed by atoms with Crippen LogP contribution in [0, 0.1) is 0 Å². The van der Waals surface area contributed by atoms with Crippen LogP contribution in [0.5, 0.6) is 0 Å². The van der Waals surface area contributed by atoms with Crippen LogP contribution in [0.4, 0.5) is 0 Å². The molecular weight excluding hydrogens is 212 g/mol. The fraction of sp³-hybridized carbons (Fsp3) is 0.500. The summed E-state index contributed by atoms with van der Waals surface area (Å²) in [6.07, 6.45) is 1.21. The lowest BCUT2D eigenvalue weighted by Crippen LogP contribution is -2.40. The van der Waals surface area contributed by atoms with Gasteiger partial charge in [0.05, 0.1) is 0 Å². The molecule has 0 aromatic carbocycles. The van der Waals surface area contributed by atoms with Crippen LogP contribution in [0.15, 0.2) is 11.6 Å². The molecule has 2 amide bonds. The lowest BCUT2D eigenvalue weighted by Gasteiger charge is -2.12. The molecule has 0 aromatic rings. The van der Waals surface area contributed by atoms with Gasteiger partial charge in [-0.25, -0.2) is 4.79 Å². The van der Waals surface area contributed by atoms with Crippen molar-refractivity contribution in [1.82, 2.24) is 5.32 Å². The molecule has 0 aliphatic rings.